The molecule has 0 amide bonds. The average molecular weight is 184 g/mol. The van der Waals surface area contributed by atoms with E-state index in [0.29, 0.717) is 0 Å². The zero-order valence-electron chi connectivity index (χ0n) is 9.18. The fourth-order valence-corrected chi connectivity index (χ4v) is 2.08. The molecule has 1 fully saturated rings. The molecule has 13 heavy (non-hydrogen) atoms. The highest BCUT2D eigenvalue weighted by atomic mass is 15.1. The van der Waals surface area contributed by atoms with E-state index in [1.54, 1.807) is 0 Å². The van der Waals surface area contributed by atoms with Crippen LogP contribution in [0.1, 0.15) is 32.6 Å². The quantitative estimate of drug-likeness (QED) is 0.676. The fourth-order valence-electron chi connectivity index (χ4n) is 2.08. The van der Waals surface area contributed by atoms with Gasteiger partial charge in [0.15, 0.2) is 0 Å². The molecule has 1 atom stereocenters. The van der Waals surface area contributed by atoms with Gasteiger partial charge in [-0.05, 0) is 51.9 Å². The Hall–Kier alpha value is -0.0800. The van der Waals surface area contributed by atoms with Crippen molar-refractivity contribution < 1.29 is 0 Å². The minimum atomic E-state index is 0.962. The van der Waals surface area contributed by atoms with Crippen LogP contribution in [0.2, 0.25) is 0 Å². The molecule has 0 radical (unpaired) electrons. The highest BCUT2D eigenvalue weighted by molar-refractivity contribution is 4.75. The topological polar surface area (TPSA) is 15.3 Å². The summed E-state index contributed by atoms with van der Waals surface area (Å²) in [6, 6.07) is 0. The number of nitrogens with zero attached hydrogens (tertiary/aromatic N) is 1. The lowest BCUT2D eigenvalue weighted by molar-refractivity contribution is 0.315. The van der Waals surface area contributed by atoms with Crippen molar-refractivity contribution in [1.29, 1.82) is 0 Å². The van der Waals surface area contributed by atoms with E-state index in [2.05, 4.69) is 17.1 Å². The van der Waals surface area contributed by atoms with Gasteiger partial charge in [0.2, 0.25) is 0 Å². The van der Waals surface area contributed by atoms with Gasteiger partial charge in [-0.3, -0.25) is 0 Å². The smallest absolute Gasteiger partial charge is 0.00106 e. The zero-order valence-corrected chi connectivity index (χ0v) is 9.18. The highest BCUT2D eigenvalue weighted by Crippen LogP contribution is 2.19. The van der Waals surface area contributed by atoms with Crippen molar-refractivity contribution in [3.8, 4) is 0 Å². The molecule has 0 bridgehead atoms. The Kier molecular flexibility index (Phi) is 5.40. The van der Waals surface area contributed by atoms with Crippen molar-refractivity contribution in [1.82, 2.24) is 10.2 Å². The predicted molar refractivity (Wildman–Crippen MR) is 58.0 cm³/mol. The third-order valence-electron chi connectivity index (χ3n) is 3.00. The maximum absolute atomic E-state index is 3.23. The monoisotopic (exact) mass is 184 g/mol. The molecule has 0 aliphatic carbocycles. The van der Waals surface area contributed by atoms with Crippen LogP contribution < -0.4 is 5.32 Å². The van der Waals surface area contributed by atoms with Crippen molar-refractivity contribution in [3.05, 3.63) is 0 Å². The van der Waals surface area contributed by atoms with E-state index in [4.69, 9.17) is 0 Å². The summed E-state index contributed by atoms with van der Waals surface area (Å²) in [5.41, 5.74) is 0. The summed E-state index contributed by atoms with van der Waals surface area (Å²) in [5.74, 6) is 0.962. The molecule has 0 aromatic carbocycles. The van der Waals surface area contributed by atoms with Crippen molar-refractivity contribution in [3.63, 3.8) is 0 Å². The van der Waals surface area contributed by atoms with Gasteiger partial charge < -0.3 is 10.2 Å². The molecule has 78 valence electrons. The molecule has 2 heteroatoms. The number of rotatable bonds is 6. The second kappa shape index (κ2) is 6.39. The highest BCUT2D eigenvalue weighted by Gasteiger charge is 2.20. The van der Waals surface area contributed by atoms with Crippen LogP contribution in [0, 0.1) is 5.92 Å². The molecule has 1 aliphatic rings. The van der Waals surface area contributed by atoms with Crippen LogP contribution >= 0.6 is 0 Å². The van der Waals surface area contributed by atoms with Gasteiger partial charge in [0.05, 0.1) is 0 Å². The summed E-state index contributed by atoms with van der Waals surface area (Å²) in [6.07, 6.45) is 5.49. The Morgan fingerprint density at radius 1 is 1.46 bits per heavy atom. The Labute approximate surface area is 82.7 Å². The zero-order chi connectivity index (χ0) is 9.52. The van der Waals surface area contributed by atoms with Crippen molar-refractivity contribution in [2.24, 2.45) is 5.92 Å². The predicted octanol–water partition coefficient (Wildman–Crippen LogP) is 1.72. The maximum atomic E-state index is 3.23. The normalized spacial score (nSPS) is 24.0. The Morgan fingerprint density at radius 2 is 2.31 bits per heavy atom. The van der Waals surface area contributed by atoms with Crippen LogP contribution in [0.15, 0.2) is 0 Å². The minimum Gasteiger partial charge on any atom is -0.320 e. The van der Waals surface area contributed by atoms with Gasteiger partial charge in [-0.2, -0.15) is 0 Å². The van der Waals surface area contributed by atoms with Crippen LogP contribution in [-0.2, 0) is 0 Å². The van der Waals surface area contributed by atoms with Crippen molar-refractivity contribution >= 4 is 0 Å². The molecule has 1 N–H and O–H groups in total. The SMILES string of the molecule is CCCCN1CCC(CCNC)C1. The first kappa shape index (κ1) is 11.0. The maximum Gasteiger partial charge on any atom is 0.00106 e. The standard InChI is InChI=1S/C11H24N2/c1-3-4-8-13-9-6-11(10-13)5-7-12-2/h11-12H,3-10H2,1-2H3. The van der Waals surface area contributed by atoms with Crippen LogP contribution in [0.25, 0.3) is 0 Å². The third kappa shape index (κ3) is 4.10. The summed E-state index contributed by atoms with van der Waals surface area (Å²) < 4.78 is 0. The van der Waals surface area contributed by atoms with Crippen molar-refractivity contribution in [2.75, 3.05) is 33.2 Å². The average Bonchev–Trinajstić information content (AvgIpc) is 2.59. The summed E-state index contributed by atoms with van der Waals surface area (Å²) in [4.78, 5) is 2.63. The van der Waals surface area contributed by atoms with Crippen molar-refractivity contribution in [2.45, 2.75) is 32.6 Å². The van der Waals surface area contributed by atoms with Crippen LogP contribution in [0.4, 0.5) is 0 Å². The first-order valence-corrected chi connectivity index (χ1v) is 5.73. The molecule has 1 saturated heterocycles. The van der Waals surface area contributed by atoms with E-state index >= 15 is 0 Å². The lowest BCUT2D eigenvalue weighted by Gasteiger charge is -2.15. The van der Waals surface area contributed by atoms with E-state index in [-0.39, 0.29) is 0 Å². The largest absolute Gasteiger partial charge is 0.320 e. The third-order valence-corrected chi connectivity index (χ3v) is 3.00. The second-order valence-electron chi connectivity index (χ2n) is 4.20. The molecule has 1 unspecified atom stereocenters. The van der Waals surface area contributed by atoms with Gasteiger partial charge in [0.1, 0.15) is 0 Å². The summed E-state index contributed by atoms with van der Waals surface area (Å²) in [5, 5.41) is 3.23. The van der Waals surface area contributed by atoms with E-state index < -0.39 is 0 Å². The summed E-state index contributed by atoms with van der Waals surface area (Å²) in [6.45, 7) is 7.48. The molecule has 0 aromatic rings. The summed E-state index contributed by atoms with van der Waals surface area (Å²) >= 11 is 0. The van der Waals surface area contributed by atoms with Gasteiger partial charge in [0.25, 0.3) is 0 Å². The molecule has 1 aliphatic heterocycles. The number of hydrogen-bond donors (Lipinski definition) is 1. The Bertz CT molecular complexity index is 111. The first-order chi connectivity index (χ1) is 6.36. The number of hydrogen-bond acceptors (Lipinski definition) is 2. The molecular weight excluding hydrogens is 160 g/mol. The van der Waals surface area contributed by atoms with E-state index in [1.165, 1.54) is 51.9 Å². The first-order valence-electron chi connectivity index (χ1n) is 5.73. The molecular formula is C11H24N2. The molecule has 0 saturated carbocycles. The summed E-state index contributed by atoms with van der Waals surface area (Å²) in [7, 11) is 2.05. The van der Waals surface area contributed by atoms with E-state index in [1.807, 2.05) is 7.05 Å². The Morgan fingerprint density at radius 3 is 3.00 bits per heavy atom. The van der Waals surface area contributed by atoms with Crippen LogP contribution in [0.5, 0.6) is 0 Å². The lowest BCUT2D eigenvalue weighted by Crippen LogP contribution is -2.22. The second-order valence-corrected chi connectivity index (χ2v) is 4.20. The van der Waals surface area contributed by atoms with Crippen LogP contribution in [0.3, 0.4) is 0 Å². The van der Waals surface area contributed by atoms with Gasteiger partial charge >= 0.3 is 0 Å². The number of unbranched alkanes of at least 4 members (excludes halogenated alkanes) is 1. The van der Waals surface area contributed by atoms with Gasteiger partial charge in [-0.15, -0.1) is 0 Å². The minimum absolute atomic E-state index is 0.962. The number of likely N-dealkylation sites (tertiary alicyclic amines) is 1. The molecule has 0 aromatic heterocycles. The van der Waals surface area contributed by atoms with Gasteiger partial charge in [-0.25, -0.2) is 0 Å². The molecule has 2 nitrogen and oxygen atoms in total. The van der Waals surface area contributed by atoms with E-state index in [0.717, 1.165) is 5.92 Å². The molecule has 1 rings (SSSR count). The van der Waals surface area contributed by atoms with Crippen LogP contribution in [-0.4, -0.2) is 38.1 Å². The molecule has 1 heterocycles. The lowest BCUT2D eigenvalue weighted by atomic mass is 10.1. The fraction of sp³-hybridized carbons (Fsp3) is 1.00. The molecule has 0 spiro atoms. The van der Waals surface area contributed by atoms with Gasteiger partial charge in [-0.1, -0.05) is 13.3 Å². The van der Waals surface area contributed by atoms with Gasteiger partial charge in [0, 0.05) is 6.54 Å². The Balaban J connectivity index is 2.05. The van der Waals surface area contributed by atoms with E-state index in [9.17, 15) is 0 Å². The number of nitrogens with one attached hydrogen (secondary N) is 1.